The molecule has 1 aromatic rings. The first-order chi connectivity index (χ1) is 7.24. The zero-order valence-electron chi connectivity index (χ0n) is 8.79. The van der Waals surface area contributed by atoms with E-state index in [4.69, 9.17) is 0 Å². The summed E-state index contributed by atoms with van der Waals surface area (Å²) in [6.45, 7) is 2.67. The highest BCUT2D eigenvalue weighted by atomic mass is 16.1. The molecular weight excluding hydrogens is 188 g/mol. The van der Waals surface area contributed by atoms with E-state index in [1.807, 2.05) is 25.1 Å². The number of carbonyl (C=O) groups is 1. The van der Waals surface area contributed by atoms with Crippen LogP contribution in [-0.4, -0.2) is 10.8 Å². The molecule has 0 aromatic carbocycles. The van der Waals surface area contributed by atoms with Crippen LogP contribution >= 0.6 is 0 Å². The molecule has 0 unspecified atom stereocenters. The Kier molecular flexibility index (Phi) is 2.81. The third-order valence-corrected chi connectivity index (χ3v) is 2.42. The molecule has 1 aliphatic rings. The molecule has 1 heterocycles. The van der Waals surface area contributed by atoms with E-state index in [1.54, 1.807) is 6.08 Å². The number of ketones is 1. The Labute approximate surface area is 89.2 Å². The number of nitrogens with zero attached hydrogens (tertiary/aromatic N) is 1. The van der Waals surface area contributed by atoms with Crippen LogP contribution in [0.4, 0.5) is 0 Å². The second kappa shape index (κ2) is 4.26. The summed E-state index contributed by atoms with van der Waals surface area (Å²) in [5.74, 6) is 0.217. The molecule has 78 valence electrons. The average molecular weight is 202 g/mol. The number of hydrogen-bond donors (Lipinski definition) is 1. The van der Waals surface area contributed by atoms with Gasteiger partial charge in [0.2, 0.25) is 0 Å². The summed E-state index contributed by atoms with van der Waals surface area (Å²) in [6.07, 6.45) is 3.17. The Morgan fingerprint density at radius 3 is 2.93 bits per heavy atom. The standard InChI is InChI=1S/C12H14N2O/c1-9-3-2-4-11(14-9)8-13-10-5-6-12(15)7-10/h2-4,7,13H,5-6,8H2,1H3. The van der Waals surface area contributed by atoms with Crippen molar-refractivity contribution in [1.29, 1.82) is 0 Å². The zero-order chi connectivity index (χ0) is 10.7. The molecule has 15 heavy (non-hydrogen) atoms. The minimum atomic E-state index is 0.217. The van der Waals surface area contributed by atoms with E-state index in [1.165, 1.54) is 0 Å². The van der Waals surface area contributed by atoms with Crippen LogP contribution in [0.2, 0.25) is 0 Å². The van der Waals surface area contributed by atoms with E-state index in [2.05, 4.69) is 10.3 Å². The van der Waals surface area contributed by atoms with Gasteiger partial charge < -0.3 is 5.32 Å². The van der Waals surface area contributed by atoms with Crippen molar-refractivity contribution in [3.05, 3.63) is 41.4 Å². The van der Waals surface area contributed by atoms with Crippen molar-refractivity contribution in [3.63, 3.8) is 0 Å². The number of aromatic nitrogens is 1. The fraction of sp³-hybridized carbons (Fsp3) is 0.333. The minimum absolute atomic E-state index is 0.217. The highest BCUT2D eigenvalue weighted by Gasteiger charge is 2.10. The van der Waals surface area contributed by atoms with E-state index in [0.717, 1.165) is 23.5 Å². The highest BCUT2D eigenvalue weighted by molar-refractivity contribution is 5.92. The van der Waals surface area contributed by atoms with E-state index in [9.17, 15) is 4.79 Å². The SMILES string of the molecule is Cc1cccc(CNC2=CC(=O)CC2)n1. The molecule has 0 saturated carbocycles. The lowest BCUT2D eigenvalue weighted by Gasteiger charge is -2.06. The van der Waals surface area contributed by atoms with Crippen molar-refractivity contribution in [3.8, 4) is 0 Å². The lowest BCUT2D eigenvalue weighted by atomic mass is 10.3. The van der Waals surface area contributed by atoms with Gasteiger partial charge in [-0.3, -0.25) is 9.78 Å². The number of rotatable bonds is 3. The molecule has 3 nitrogen and oxygen atoms in total. The van der Waals surface area contributed by atoms with Gasteiger partial charge in [-0.25, -0.2) is 0 Å². The summed E-state index contributed by atoms with van der Waals surface area (Å²) < 4.78 is 0. The average Bonchev–Trinajstić information content (AvgIpc) is 2.62. The predicted molar refractivity (Wildman–Crippen MR) is 58.1 cm³/mol. The van der Waals surface area contributed by atoms with Gasteiger partial charge >= 0.3 is 0 Å². The number of hydrogen-bond acceptors (Lipinski definition) is 3. The van der Waals surface area contributed by atoms with Crippen molar-refractivity contribution < 1.29 is 4.79 Å². The van der Waals surface area contributed by atoms with E-state index < -0.39 is 0 Å². The molecule has 3 heteroatoms. The largest absolute Gasteiger partial charge is 0.383 e. The van der Waals surface area contributed by atoms with Crippen LogP contribution in [0.1, 0.15) is 24.2 Å². The molecule has 0 atom stereocenters. The lowest BCUT2D eigenvalue weighted by Crippen LogP contribution is -2.12. The van der Waals surface area contributed by atoms with Crippen molar-refractivity contribution in [2.24, 2.45) is 0 Å². The maximum atomic E-state index is 11.0. The molecule has 0 radical (unpaired) electrons. The molecule has 0 aliphatic heterocycles. The van der Waals surface area contributed by atoms with E-state index in [0.29, 0.717) is 13.0 Å². The predicted octanol–water partition coefficient (Wildman–Crippen LogP) is 1.73. The molecule has 0 fully saturated rings. The zero-order valence-corrected chi connectivity index (χ0v) is 8.79. The van der Waals surface area contributed by atoms with Crippen LogP contribution in [-0.2, 0) is 11.3 Å². The Hall–Kier alpha value is -1.64. The van der Waals surface area contributed by atoms with Gasteiger partial charge in [0.15, 0.2) is 5.78 Å². The number of pyridine rings is 1. The van der Waals surface area contributed by atoms with Crippen molar-refractivity contribution >= 4 is 5.78 Å². The van der Waals surface area contributed by atoms with Gasteiger partial charge in [-0.1, -0.05) is 6.07 Å². The van der Waals surface area contributed by atoms with Crippen molar-refractivity contribution in [1.82, 2.24) is 10.3 Å². The van der Waals surface area contributed by atoms with Gasteiger partial charge in [-0.05, 0) is 25.5 Å². The quantitative estimate of drug-likeness (QED) is 0.811. The summed E-state index contributed by atoms with van der Waals surface area (Å²) >= 11 is 0. The van der Waals surface area contributed by atoms with Gasteiger partial charge in [0.1, 0.15) is 0 Å². The fourth-order valence-electron chi connectivity index (χ4n) is 1.64. The summed E-state index contributed by atoms with van der Waals surface area (Å²) in [5.41, 5.74) is 3.06. The molecule has 0 spiro atoms. The Morgan fingerprint density at radius 2 is 2.27 bits per heavy atom. The first-order valence-corrected chi connectivity index (χ1v) is 5.14. The van der Waals surface area contributed by atoms with Crippen LogP contribution in [0, 0.1) is 6.92 Å². The van der Waals surface area contributed by atoms with E-state index in [-0.39, 0.29) is 5.78 Å². The minimum Gasteiger partial charge on any atom is -0.383 e. The van der Waals surface area contributed by atoms with E-state index >= 15 is 0 Å². The molecule has 2 rings (SSSR count). The van der Waals surface area contributed by atoms with Crippen molar-refractivity contribution in [2.75, 3.05) is 0 Å². The van der Waals surface area contributed by atoms with Gasteiger partial charge in [-0.15, -0.1) is 0 Å². The summed E-state index contributed by atoms with van der Waals surface area (Å²) in [7, 11) is 0. The number of allylic oxidation sites excluding steroid dienone is 2. The second-order valence-electron chi connectivity index (χ2n) is 3.76. The number of carbonyl (C=O) groups excluding carboxylic acids is 1. The molecular formula is C12H14N2O. The Bertz CT molecular complexity index is 410. The van der Waals surface area contributed by atoms with Crippen molar-refractivity contribution in [2.45, 2.75) is 26.3 Å². The molecule has 1 aliphatic carbocycles. The molecule has 0 amide bonds. The molecule has 1 aromatic heterocycles. The first kappa shape index (κ1) is 9.90. The van der Waals surface area contributed by atoms with Gasteiger partial charge in [0, 0.05) is 23.9 Å². The number of aryl methyl sites for hydroxylation is 1. The van der Waals surface area contributed by atoms with Crippen LogP contribution in [0.3, 0.4) is 0 Å². The monoisotopic (exact) mass is 202 g/mol. The van der Waals surface area contributed by atoms with Gasteiger partial charge in [-0.2, -0.15) is 0 Å². The van der Waals surface area contributed by atoms with Crippen LogP contribution in [0.15, 0.2) is 30.0 Å². The summed E-state index contributed by atoms with van der Waals surface area (Å²) in [5, 5.41) is 3.23. The maximum Gasteiger partial charge on any atom is 0.157 e. The summed E-state index contributed by atoms with van der Waals surface area (Å²) in [4.78, 5) is 15.4. The topological polar surface area (TPSA) is 42.0 Å². The maximum absolute atomic E-state index is 11.0. The van der Waals surface area contributed by atoms with Crippen LogP contribution in [0.5, 0.6) is 0 Å². The normalized spacial score (nSPS) is 15.3. The first-order valence-electron chi connectivity index (χ1n) is 5.14. The fourth-order valence-corrected chi connectivity index (χ4v) is 1.64. The Balaban J connectivity index is 1.93. The van der Waals surface area contributed by atoms with Crippen LogP contribution in [0.25, 0.3) is 0 Å². The van der Waals surface area contributed by atoms with Gasteiger partial charge in [0.25, 0.3) is 0 Å². The van der Waals surface area contributed by atoms with Crippen LogP contribution < -0.4 is 5.32 Å². The molecule has 1 N–H and O–H groups in total. The van der Waals surface area contributed by atoms with Gasteiger partial charge in [0.05, 0.1) is 12.2 Å². The second-order valence-corrected chi connectivity index (χ2v) is 3.76. The summed E-state index contributed by atoms with van der Waals surface area (Å²) in [6, 6.07) is 5.95. The third kappa shape index (κ3) is 2.65. The Morgan fingerprint density at radius 1 is 1.40 bits per heavy atom. The highest BCUT2D eigenvalue weighted by Crippen LogP contribution is 2.12. The molecule has 0 bridgehead atoms. The lowest BCUT2D eigenvalue weighted by molar-refractivity contribution is -0.114. The molecule has 0 saturated heterocycles. The smallest absolute Gasteiger partial charge is 0.157 e. The third-order valence-electron chi connectivity index (χ3n) is 2.42. The number of nitrogens with one attached hydrogen (secondary N) is 1.